The van der Waals surface area contributed by atoms with Crippen molar-refractivity contribution in [2.75, 3.05) is 13.1 Å². The lowest BCUT2D eigenvalue weighted by molar-refractivity contribution is -0.0921. The van der Waals surface area contributed by atoms with Crippen LogP contribution in [0.2, 0.25) is 0 Å². The van der Waals surface area contributed by atoms with Crippen molar-refractivity contribution in [1.82, 2.24) is 5.32 Å². The summed E-state index contributed by atoms with van der Waals surface area (Å²) in [6, 6.07) is 0. The molecule has 0 amide bonds. The molecule has 14 heavy (non-hydrogen) atoms. The molecule has 0 aliphatic heterocycles. The van der Waals surface area contributed by atoms with Gasteiger partial charge >= 0.3 is 0 Å². The van der Waals surface area contributed by atoms with E-state index in [-0.39, 0.29) is 5.60 Å². The number of hydrogen-bond donors (Lipinski definition) is 1. The van der Waals surface area contributed by atoms with Crippen LogP contribution in [0.1, 0.15) is 48.0 Å². The van der Waals surface area contributed by atoms with E-state index in [1.807, 2.05) is 0 Å². The van der Waals surface area contributed by atoms with E-state index in [4.69, 9.17) is 4.74 Å². The predicted octanol–water partition coefficient (Wildman–Crippen LogP) is 2.83. The van der Waals surface area contributed by atoms with Crippen LogP contribution in [-0.2, 0) is 4.74 Å². The summed E-state index contributed by atoms with van der Waals surface area (Å²) in [5.74, 6) is 0.586. The summed E-state index contributed by atoms with van der Waals surface area (Å²) >= 11 is 0. The van der Waals surface area contributed by atoms with Crippen LogP contribution in [0.5, 0.6) is 0 Å². The average molecular weight is 201 g/mol. The Bertz CT molecular complexity index is 147. The number of rotatable bonds is 7. The fourth-order valence-corrected chi connectivity index (χ4v) is 1.22. The molecule has 86 valence electrons. The van der Waals surface area contributed by atoms with E-state index in [9.17, 15) is 0 Å². The Labute approximate surface area is 89.4 Å². The van der Waals surface area contributed by atoms with E-state index in [2.05, 4.69) is 46.9 Å². The maximum absolute atomic E-state index is 6.09. The molecule has 0 rings (SSSR count). The minimum Gasteiger partial charge on any atom is -0.371 e. The standard InChI is InChI=1S/C12H27NO/c1-7-12(6,9-13-8-2)14-11(5)10(3)4/h10-11,13H,7-9H2,1-6H3. The minimum absolute atomic E-state index is 0.0142. The number of nitrogens with one attached hydrogen (secondary N) is 1. The van der Waals surface area contributed by atoms with Crippen LogP contribution in [0.4, 0.5) is 0 Å². The van der Waals surface area contributed by atoms with Gasteiger partial charge in [-0.2, -0.15) is 0 Å². The third kappa shape index (κ3) is 4.97. The molecule has 0 aromatic heterocycles. The van der Waals surface area contributed by atoms with Crippen molar-refractivity contribution in [3.63, 3.8) is 0 Å². The molecule has 0 aliphatic carbocycles. The molecule has 0 bridgehead atoms. The number of ether oxygens (including phenoxy) is 1. The van der Waals surface area contributed by atoms with Crippen LogP contribution in [-0.4, -0.2) is 24.8 Å². The van der Waals surface area contributed by atoms with Gasteiger partial charge in [-0.1, -0.05) is 27.7 Å². The van der Waals surface area contributed by atoms with E-state index in [1.54, 1.807) is 0 Å². The van der Waals surface area contributed by atoms with Gasteiger partial charge in [-0.05, 0) is 32.7 Å². The molecule has 2 unspecified atom stereocenters. The first-order chi connectivity index (χ1) is 6.45. The van der Waals surface area contributed by atoms with Gasteiger partial charge in [-0.25, -0.2) is 0 Å². The summed E-state index contributed by atoms with van der Waals surface area (Å²) in [6.45, 7) is 15.0. The fraction of sp³-hybridized carbons (Fsp3) is 1.00. The first kappa shape index (κ1) is 13.9. The quantitative estimate of drug-likeness (QED) is 0.684. The van der Waals surface area contributed by atoms with Gasteiger partial charge in [0.2, 0.25) is 0 Å². The molecule has 0 radical (unpaired) electrons. The summed E-state index contributed by atoms with van der Waals surface area (Å²) in [7, 11) is 0. The summed E-state index contributed by atoms with van der Waals surface area (Å²) in [5.41, 5.74) is -0.0142. The van der Waals surface area contributed by atoms with E-state index in [0.717, 1.165) is 19.5 Å². The Kier molecular flexibility index (Phi) is 6.38. The van der Waals surface area contributed by atoms with Gasteiger partial charge < -0.3 is 10.1 Å². The first-order valence-corrected chi connectivity index (χ1v) is 5.83. The Morgan fingerprint density at radius 3 is 2.14 bits per heavy atom. The van der Waals surface area contributed by atoms with E-state index in [0.29, 0.717) is 12.0 Å². The average Bonchev–Trinajstić information content (AvgIpc) is 2.14. The van der Waals surface area contributed by atoms with Crippen LogP contribution >= 0.6 is 0 Å². The Balaban J connectivity index is 4.09. The highest BCUT2D eigenvalue weighted by Crippen LogP contribution is 2.20. The van der Waals surface area contributed by atoms with Crippen molar-refractivity contribution in [1.29, 1.82) is 0 Å². The van der Waals surface area contributed by atoms with Crippen molar-refractivity contribution < 1.29 is 4.74 Å². The van der Waals surface area contributed by atoms with E-state index >= 15 is 0 Å². The highest BCUT2D eigenvalue weighted by atomic mass is 16.5. The topological polar surface area (TPSA) is 21.3 Å². The lowest BCUT2D eigenvalue weighted by atomic mass is 10.0. The van der Waals surface area contributed by atoms with E-state index < -0.39 is 0 Å². The SMILES string of the molecule is CCNCC(C)(CC)OC(C)C(C)C. The van der Waals surface area contributed by atoms with Crippen molar-refractivity contribution in [2.24, 2.45) is 5.92 Å². The third-order valence-corrected chi connectivity index (χ3v) is 2.91. The zero-order chi connectivity index (χ0) is 11.2. The molecule has 0 spiro atoms. The number of hydrogen-bond acceptors (Lipinski definition) is 2. The maximum Gasteiger partial charge on any atom is 0.0779 e. The molecule has 0 aromatic rings. The van der Waals surface area contributed by atoms with Gasteiger partial charge in [0, 0.05) is 6.54 Å². The van der Waals surface area contributed by atoms with Gasteiger partial charge in [0.15, 0.2) is 0 Å². The molecule has 0 saturated heterocycles. The molecule has 0 fully saturated rings. The van der Waals surface area contributed by atoms with Gasteiger partial charge in [-0.15, -0.1) is 0 Å². The lowest BCUT2D eigenvalue weighted by Gasteiger charge is -2.33. The second-order valence-corrected chi connectivity index (χ2v) is 4.65. The van der Waals surface area contributed by atoms with Crippen molar-refractivity contribution in [3.05, 3.63) is 0 Å². The molecule has 0 aromatic carbocycles. The van der Waals surface area contributed by atoms with Gasteiger partial charge in [-0.3, -0.25) is 0 Å². The fourth-order valence-electron chi connectivity index (χ4n) is 1.22. The molecule has 2 atom stereocenters. The third-order valence-electron chi connectivity index (χ3n) is 2.91. The molecule has 1 N–H and O–H groups in total. The van der Waals surface area contributed by atoms with E-state index in [1.165, 1.54) is 0 Å². The zero-order valence-electron chi connectivity index (χ0n) is 10.7. The van der Waals surface area contributed by atoms with Gasteiger partial charge in [0.05, 0.1) is 11.7 Å². The summed E-state index contributed by atoms with van der Waals surface area (Å²) in [4.78, 5) is 0. The number of likely N-dealkylation sites (N-methyl/N-ethyl adjacent to an activating group) is 1. The zero-order valence-corrected chi connectivity index (χ0v) is 10.7. The van der Waals surface area contributed by atoms with Crippen molar-refractivity contribution in [2.45, 2.75) is 59.7 Å². The maximum atomic E-state index is 6.09. The lowest BCUT2D eigenvalue weighted by Crippen LogP contribution is -2.43. The van der Waals surface area contributed by atoms with Crippen LogP contribution in [0.25, 0.3) is 0 Å². The van der Waals surface area contributed by atoms with Crippen LogP contribution < -0.4 is 5.32 Å². The molecule has 0 saturated carbocycles. The van der Waals surface area contributed by atoms with Crippen molar-refractivity contribution in [3.8, 4) is 0 Å². The Morgan fingerprint density at radius 1 is 1.21 bits per heavy atom. The summed E-state index contributed by atoms with van der Waals surface area (Å²) < 4.78 is 6.09. The highest BCUT2D eigenvalue weighted by molar-refractivity contribution is 4.78. The minimum atomic E-state index is -0.0142. The van der Waals surface area contributed by atoms with Crippen LogP contribution in [0.3, 0.4) is 0 Å². The second-order valence-electron chi connectivity index (χ2n) is 4.65. The highest BCUT2D eigenvalue weighted by Gasteiger charge is 2.25. The molecule has 2 nitrogen and oxygen atoms in total. The summed E-state index contributed by atoms with van der Waals surface area (Å²) in [6.07, 6.45) is 1.38. The Hall–Kier alpha value is -0.0800. The Morgan fingerprint density at radius 2 is 1.79 bits per heavy atom. The normalized spacial score (nSPS) is 18.2. The van der Waals surface area contributed by atoms with Crippen LogP contribution in [0, 0.1) is 5.92 Å². The summed E-state index contributed by atoms with van der Waals surface area (Å²) in [5, 5.41) is 3.36. The molecular formula is C12H27NO. The van der Waals surface area contributed by atoms with Gasteiger partial charge in [0.1, 0.15) is 0 Å². The van der Waals surface area contributed by atoms with Crippen LogP contribution in [0.15, 0.2) is 0 Å². The molecule has 0 heterocycles. The largest absolute Gasteiger partial charge is 0.371 e. The molecule has 0 aliphatic rings. The van der Waals surface area contributed by atoms with Gasteiger partial charge in [0.25, 0.3) is 0 Å². The van der Waals surface area contributed by atoms with Crippen molar-refractivity contribution >= 4 is 0 Å². The predicted molar refractivity (Wildman–Crippen MR) is 62.6 cm³/mol. The smallest absolute Gasteiger partial charge is 0.0779 e. The monoisotopic (exact) mass is 201 g/mol. The molecule has 2 heteroatoms. The first-order valence-electron chi connectivity index (χ1n) is 5.83. The molecular weight excluding hydrogens is 174 g/mol. The second kappa shape index (κ2) is 6.41.